The highest BCUT2D eigenvalue weighted by Gasteiger charge is 2.41. The number of benzene rings is 1. The fourth-order valence-corrected chi connectivity index (χ4v) is 4.56. The number of piperazine rings is 1. The molecule has 1 N–H and O–H groups in total. The number of aromatic nitrogens is 3. The van der Waals surface area contributed by atoms with Gasteiger partial charge in [0.15, 0.2) is 0 Å². The van der Waals surface area contributed by atoms with Crippen LogP contribution >= 0.6 is 11.6 Å². The Hall–Kier alpha value is -2.70. The first-order chi connectivity index (χ1) is 14.1. The van der Waals surface area contributed by atoms with E-state index in [1.807, 2.05) is 12.1 Å². The summed E-state index contributed by atoms with van der Waals surface area (Å²) < 4.78 is 0. The topological polar surface area (TPSA) is 57.2 Å². The van der Waals surface area contributed by atoms with Gasteiger partial charge in [0.05, 0.1) is 5.69 Å². The number of likely N-dealkylation sites (tertiary alicyclic amines) is 1. The third-order valence-electron chi connectivity index (χ3n) is 5.96. The molecule has 0 saturated carbocycles. The average molecular weight is 407 g/mol. The van der Waals surface area contributed by atoms with E-state index in [2.05, 4.69) is 62.2 Å². The third-order valence-corrected chi connectivity index (χ3v) is 6.18. The fraction of sp³-hybridized carbons (Fsp3) is 0.318. The molecule has 6 nitrogen and oxygen atoms in total. The van der Waals surface area contributed by atoms with E-state index in [4.69, 9.17) is 11.6 Å². The maximum Gasteiger partial charge on any atom is 0.227 e. The minimum absolute atomic E-state index is 0.467. The Morgan fingerprint density at radius 2 is 1.97 bits per heavy atom. The molecule has 4 heterocycles. The lowest BCUT2D eigenvalue weighted by atomic mass is 10.1. The van der Waals surface area contributed by atoms with Crippen molar-refractivity contribution in [2.24, 2.45) is 0 Å². The smallest absolute Gasteiger partial charge is 0.227 e. The number of nitrogens with one attached hydrogen (secondary N) is 1. The summed E-state index contributed by atoms with van der Waals surface area (Å²) in [4.78, 5) is 18.1. The molecular formula is C22H23ClN6. The first kappa shape index (κ1) is 18.3. The minimum atomic E-state index is 0.467. The van der Waals surface area contributed by atoms with Crippen LogP contribution in [-0.2, 0) is 0 Å². The molecule has 2 aliphatic rings. The Labute approximate surface area is 175 Å². The normalized spacial score (nSPS) is 21.0. The van der Waals surface area contributed by atoms with E-state index in [9.17, 15) is 0 Å². The molecule has 0 amide bonds. The van der Waals surface area contributed by atoms with Crippen molar-refractivity contribution in [2.45, 2.75) is 25.4 Å². The monoisotopic (exact) mass is 406 g/mol. The maximum atomic E-state index is 5.88. The molecule has 0 spiro atoms. The predicted molar refractivity (Wildman–Crippen MR) is 117 cm³/mol. The standard InChI is InChI=1S/C22H23ClN6/c1-14-9-16(4-5-20(14)29-13-17-10-18(29)12-28(17)2)26-22-24-8-7-19(27-22)15-3-6-21(23)25-11-15/h3-9,11,17-18H,10,12-13H2,1-2H3,(H,24,26,27). The van der Waals surface area contributed by atoms with Gasteiger partial charge in [0.25, 0.3) is 0 Å². The Balaban J connectivity index is 1.34. The lowest BCUT2D eigenvalue weighted by molar-refractivity contribution is 0.292. The Morgan fingerprint density at radius 1 is 1.07 bits per heavy atom. The molecule has 1 aromatic carbocycles. The Kier molecular flexibility index (Phi) is 4.60. The van der Waals surface area contributed by atoms with E-state index in [1.165, 1.54) is 17.7 Å². The summed E-state index contributed by atoms with van der Waals surface area (Å²) in [7, 11) is 2.23. The van der Waals surface area contributed by atoms with E-state index in [1.54, 1.807) is 18.5 Å². The van der Waals surface area contributed by atoms with Crippen LogP contribution in [0.4, 0.5) is 17.3 Å². The molecule has 2 aliphatic heterocycles. The van der Waals surface area contributed by atoms with Gasteiger partial charge in [-0.05, 0) is 62.4 Å². The Bertz CT molecular complexity index is 1040. The first-order valence-corrected chi connectivity index (χ1v) is 10.2. The van der Waals surface area contributed by atoms with Crippen molar-refractivity contribution in [3.63, 3.8) is 0 Å². The van der Waals surface area contributed by atoms with Crippen LogP contribution in [0.3, 0.4) is 0 Å². The van der Waals surface area contributed by atoms with Crippen molar-refractivity contribution in [1.82, 2.24) is 19.9 Å². The number of pyridine rings is 1. The number of fused-ring (bicyclic) bond motifs is 2. The second kappa shape index (κ2) is 7.28. The van der Waals surface area contributed by atoms with Gasteiger partial charge in [0, 0.05) is 54.5 Å². The number of anilines is 3. The molecule has 2 saturated heterocycles. The van der Waals surface area contributed by atoms with Gasteiger partial charge in [0.2, 0.25) is 5.95 Å². The van der Waals surface area contributed by atoms with Crippen molar-refractivity contribution < 1.29 is 0 Å². The largest absolute Gasteiger partial charge is 0.365 e. The molecule has 148 valence electrons. The molecule has 2 bridgehead atoms. The molecular weight excluding hydrogens is 384 g/mol. The third kappa shape index (κ3) is 3.54. The summed E-state index contributed by atoms with van der Waals surface area (Å²) in [5, 5.41) is 3.80. The molecule has 2 aromatic heterocycles. The van der Waals surface area contributed by atoms with E-state index in [-0.39, 0.29) is 0 Å². The summed E-state index contributed by atoms with van der Waals surface area (Å²) in [5.41, 5.74) is 5.29. The van der Waals surface area contributed by atoms with Gasteiger partial charge < -0.3 is 10.2 Å². The maximum absolute atomic E-state index is 5.88. The molecule has 0 aliphatic carbocycles. The SMILES string of the molecule is Cc1cc(Nc2nccc(-c3ccc(Cl)nc3)n2)ccc1N1CC2CC1CN2C. The summed E-state index contributed by atoms with van der Waals surface area (Å²) >= 11 is 5.88. The summed E-state index contributed by atoms with van der Waals surface area (Å²) in [6, 6.07) is 13.3. The van der Waals surface area contributed by atoms with Crippen LogP contribution in [0.5, 0.6) is 0 Å². The van der Waals surface area contributed by atoms with Crippen molar-refractivity contribution in [3.8, 4) is 11.3 Å². The van der Waals surface area contributed by atoms with Crippen LogP contribution in [0.15, 0.2) is 48.8 Å². The van der Waals surface area contributed by atoms with Crippen molar-refractivity contribution in [3.05, 3.63) is 59.5 Å². The average Bonchev–Trinajstić information content (AvgIpc) is 3.28. The highest BCUT2D eigenvalue weighted by molar-refractivity contribution is 6.29. The molecule has 5 rings (SSSR count). The van der Waals surface area contributed by atoms with Gasteiger partial charge in [-0.3, -0.25) is 4.90 Å². The molecule has 7 heteroatoms. The van der Waals surface area contributed by atoms with Gasteiger partial charge in [-0.25, -0.2) is 15.0 Å². The quantitative estimate of drug-likeness (QED) is 0.657. The lowest BCUT2D eigenvalue weighted by Gasteiger charge is -2.34. The number of hydrogen-bond donors (Lipinski definition) is 1. The minimum Gasteiger partial charge on any atom is -0.365 e. The van der Waals surface area contributed by atoms with Gasteiger partial charge in [-0.2, -0.15) is 0 Å². The molecule has 29 heavy (non-hydrogen) atoms. The van der Waals surface area contributed by atoms with Crippen molar-refractivity contribution in [2.75, 3.05) is 30.4 Å². The Morgan fingerprint density at radius 3 is 2.66 bits per heavy atom. The number of rotatable bonds is 4. The highest BCUT2D eigenvalue weighted by Crippen LogP contribution is 2.36. The molecule has 3 aromatic rings. The zero-order valence-corrected chi connectivity index (χ0v) is 17.3. The zero-order chi connectivity index (χ0) is 20.0. The number of likely N-dealkylation sites (N-methyl/N-ethyl adjacent to an activating group) is 1. The van der Waals surface area contributed by atoms with Gasteiger partial charge in [-0.15, -0.1) is 0 Å². The zero-order valence-electron chi connectivity index (χ0n) is 16.5. The molecule has 0 radical (unpaired) electrons. The highest BCUT2D eigenvalue weighted by atomic mass is 35.5. The summed E-state index contributed by atoms with van der Waals surface area (Å²) in [5.74, 6) is 0.562. The van der Waals surface area contributed by atoms with E-state index < -0.39 is 0 Å². The molecule has 2 atom stereocenters. The number of hydrogen-bond acceptors (Lipinski definition) is 6. The van der Waals surface area contributed by atoms with Gasteiger partial charge >= 0.3 is 0 Å². The van der Waals surface area contributed by atoms with Crippen LogP contribution < -0.4 is 10.2 Å². The molecule has 2 fully saturated rings. The van der Waals surface area contributed by atoms with Crippen LogP contribution in [0.1, 0.15) is 12.0 Å². The predicted octanol–water partition coefficient (Wildman–Crippen LogP) is 4.14. The molecule has 2 unspecified atom stereocenters. The first-order valence-electron chi connectivity index (χ1n) is 9.86. The number of nitrogens with zero attached hydrogens (tertiary/aromatic N) is 5. The van der Waals surface area contributed by atoms with Crippen LogP contribution in [0, 0.1) is 6.92 Å². The summed E-state index contributed by atoms with van der Waals surface area (Å²) in [6.07, 6.45) is 4.74. The van der Waals surface area contributed by atoms with Crippen LogP contribution in [0.2, 0.25) is 5.15 Å². The van der Waals surface area contributed by atoms with Crippen LogP contribution in [-0.4, -0.2) is 52.1 Å². The van der Waals surface area contributed by atoms with E-state index in [0.717, 1.165) is 30.0 Å². The second-order valence-electron chi connectivity index (χ2n) is 7.90. The second-order valence-corrected chi connectivity index (χ2v) is 8.28. The van der Waals surface area contributed by atoms with Gasteiger partial charge in [0.1, 0.15) is 5.15 Å². The van der Waals surface area contributed by atoms with E-state index >= 15 is 0 Å². The lowest BCUT2D eigenvalue weighted by Crippen LogP contribution is -2.44. The van der Waals surface area contributed by atoms with Crippen LogP contribution in [0.25, 0.3) is 11.3 Å². The fourth-order valence-electron chi connectivity index (χ4n) is 4.45. The van der Waals surface area contributed by atoms with Crippen molar-refractivity contribution >= 4 is 28.9 Å². The van der Waals surface area contributed by atoms with Gasteiger partial charge in [-0.1, -0.05) is 11.6 Å². The number of aryl methyl sites for hydroxylation is 1. The number of halogens is 1. The van der Waals surface area contributed by atoms with Crippen molar-refractivity contribution in [1.29, 1.82) is 0 Å². The summed E-state index contributed by atoms with van der Waals surface area (Å²) in [6.45, 7) is 4.45. The van der Waals surface area contributed by atoms with E-state index in [0.29, 0.717) is 23.2 Å².